The Morgan fingerprint density at radius 2 is 1.79 bits per heavy atom. The van der Waals surface area contributed by atoms with Crippen molar-refractivity contribution in [1.82, 2.24) is 19.5 Å². The number of H-pyrrole nitrogens is 1. The minimum absolute atomic E-state index is 0.132. The largest absolute Gasteiger partial charge is 0.476 e. The molecule has 2 aliphatic rings. The average Bonchev–Trinajstić information content (AvgIpc) is 3.35. The second kappa shape index (κ2) is 9.95. The van der Waals surface area contributed by atoms with E-state index >= 15 is 0 Å². The van der Waals surface area contributed by atoms with Crippen LogP contribution in [-0.4, -0.2) is 115 Å². The highest BCUT2D eigenvalue weighted by atomic mass is 31.3. The van der Waals surface area contributed by atoms with E-state index in [1.807, 2.05) is 0 Å². The predicted molar refractivity (Wildman–Crippen MR) is 119 cm³/mol. The molecular weight excluding hydrogens is 564 g/mol. The molecule has 22 heteroatoms. The molecule has 0 bridgehead atoms. The number of phosphoric acid groups is 1. The molecule has 0 radical (unpaired) electrons. The maximum Gasteiger partial charge on any atom is 0.476 e. The molecule has 2 fully saturated rings. The topological polar surface area (TPSA) is 322 Å². The molecule has 2 aromatic rings. The Labute approximate surface area is 211 Å². The summed E-state index contributed by atoms with van der Waals surface area (Å²) in [4.78, 5) is 40.6. The van der Waals surface area contributed by atoms with Crippen LogP contribution in [-0.2, 0) is 27.4 Å². The van der Waals surface area contributed by atoms with Gasteiger partial charge in [0.1, 0.15) is 36.6 Å². The molecule has 10 atom stereocenters. The van der Waals surface area contributed by atoms with Gasteiger partial charge in [-0.05, 0) is 6.92 Å². The van der Waals surface area contributed by atoms with E-state index in [4.69, 9.17) is 19.7 Å². The van der Waals surface area contributed by atoms with E-state index in [0.29, 0.717) is 0 Å². The van der Waals surface area contributed by atoms with Crippen molar-refractivity contribution < 1.29 is 67.9 Å². The molecule has 11 N–H and O–H groups in total. The third-order valence-electron chi connectivity index (χ3n) is 6.10. The van der Waals surface area contributed by atoms with Gasteiger partial charge >= 0.3 is 15.4 Å². The standard InChI is InChI=1S/C16H25N5O15P2/c1-16(10(26)7(23)9(25)14(28)35-16)37(29,36-38(30,31)32)33-2-4-6(22)8(24)13(34-4)21-3-18-5-11(21)19-15(17)20-12(5)27/h3-4,6-10,13-14,22-26,28H,2H2,1H3,(H2,30,31,32)(H3,17,19,20,27)/t4-,6-,7+,8-,9+,10+,13-,14+,16-,37?/m1/s1. The van der Waals surface area contributed by atoms with Gasteiger partial charge in [-0.15, -0.1) is 0 Å². The van der Waals surface area contributed by atoms with Gasteiger partial charge in [0, 0.05) is 0 Å². The van der Waals surface area contributed by atoms with Gasteiger partial charge in [-0.3, -0.25) is 18.9 Å². The van der Waals surface area contributed by atoms with Crippen LogP contribution in [0.4, 0.5) is 5.95 Å². The number of aliphatic hydroxyl groups excluding tert-OH is 6. The molecule has 4 heterocycles. The van der Waals surface area contributed by atoms with E-state index in [0.717, 1.165) is 17.8 Å². The third kappa shape index (κ3) is 4.93. The Hall–Kier alpha value is -1.87. The normalized spacial score (nSPS) is 37.9. The number of nitrogen functional groups attached to an aromatic ring is 1. The molecule has 0 aromatic carbocycles. The minimum atomic E-state index is -5.68. The summed E-state index contributed by atoms with van der Waals surface area (Å²) in [7, 11) is -11.1. The van der Waals surface area contributed by atoms with Gasteiger partial charge < -0.3 is 60.2 Å². The molecule has 2 aliphatic heterocycles. The van der Waals surface area contributed by atoms with E-state index in [1.54, 1.807) is 0 Å². The lowest BCUT2D eigenvalue weighted by Crippen LogP contribution is -2.63. The molecule has 0 amide bonds. The van der Waals surface area contributed by atoms with Crippen LogP contribution in [0.25, 0.3) is 11.2 Å². The molecule has 2 saturated heterocycles. The maximum atomic E-state index is 13.6. The van der Waals surface area contributed by atoms with Gasteiger partial charge in [0.15, 0.2) is 29.0 Å². The molecule has 38 heavy (non-hydrogen) atoms. The molecular formula is C16H25N5O15P2. The van der Waals surface area contributed by atoms with Crippen molar-refractivity contribution in [3.8, 4) is 0 Å². The van der Waals surface area contributed by atoms with Crippen molar-refractivity contribution in [3.05, 3.63) is 16.7 Å². The van der Waals surface area contributed by atoms with Crippen LogP contribution >= 0.6 is 15.4 Å². The molecule has 0 saturated carbocycles. The summed E-state index contributed by atoms with van der Waals surface area (Å²) in [5.74, 6) is -0.290. The number of nitrogens with two attached hydrogens (primary N) is 1. The van der Waals surface area contributed by atoms with Gasteiger partial charge in [0.25, 0.3) is 5.56 Å². The summed E-state index contributed by atoms with van der Waals surface area (Å²) < 4.78 is 46.1. The van der Waals surface area contributed by atoms with Crippen LogP contribution in [0.2, 0.25) is 0 Å². The Morgan fingerprint density at radius 1 is 1.13 bits per heavy atom. The molecule has 2 aromatic heterocycles. The average molecular weight is 589 g/mol. The first-order valence-corrected chi connectivity index (χ1v) is 13.7. The number of ether oxygens (including phenoxy) is 2. The zero-order valence-electron chi connectivity index (χ0n) is 19.2. The van der Waals surface area contributed by atoms with Crippen molar-refractivity contribution in [2.24, 2.45) is 0 Å². The van der Waals surface area contributed by atoms with Crippen LogP contribution in [0.5, 0.6) is 0 Å². The predicted octanol–water partition coefficient (Wildman–Crippen LogP) is -4.21. The lowest BCUT2D eigenvalue weighted by Gasteiger charge is -2.47. The smallest absolute Gasteiger partial charge is 0.387 e. The number of nitrogens with zero attached hydrogens (tertiary/aromatic N) is 3. The third-order valence-corrected chi connectivity index (χ3v) is 9.76. The Kier molecular flexibility index (Phi) is 7.63. The molecule has 1 unspecified atom stereocenters. The lowest BCUT2D eigenvalue weighted by atomic mass is 9.99. The minimum Gasteiger partial charge on any atom is -0.387 e. The van der Waals surface area contributed by atoms with Crippen LogP contribution in [0.15, 0.2) is 11.1 Å². The van der Waals surface area contributed by atoms with Crippen LogP contribution < -0.4 is 11.3 Å². The summed E-state index contributed by atoms with van der Waals surface area (Å²) in [6.07, 6.45) is -14.5. The highest BCUT2D eigenvalue weighted by Gasteiger charge is 2.64. The van der Waals surface area contributed by atoms with Crippen LogP contribution in [0.1, 0.15) is 13.2 Å². The molecule has 0 spiro atoms. The molecule has 20 nitrogen and oxygen atoms in total. The van der Waals surface area contributed by atoms with Crippen LogP contribution in [0, 0.1) is 0 Å². The van der Waals surface area contributed by atoms with Crippen LogP contribution in [0.3, 0.4) is 0 Å². The van der Waals surface area contributed by atoms with Crippen molar-refractivity contribution in [2.75, 3.05) is 12.3 Å². The van der Waals surface area contributed by atoms with E-state index in [1.165, 1.54) is 0 Å². The first-order valence-electron chi connectivity index (χ1n) is 10.6. The molecule has 4 rings (SSSR count). The Balaban J connectivity index is 1.61. The van der Waals surface area contributed by atoms with Gasteiger partial charge in [0.2, 0.25) is 5.95 Å². The van der Waals surface area contributed by atoms with Crippen molar-refractivity contribution in [2.45, 2.75) is 61.4 Å². The lowest BCUT2D eigenvalue weighted by molar-refractivity contribution is -0.295. The number of fused-ring (bicyclic) bond motifs is 1. The zero-order valence-corrected chi connectivity index (χ0v) is 20.9. The van der Waals surface area contributed by atoms with E-state index in [-0.39, 0.29) is 17.1 Å². The SMILES string of the molecule is C[C@]1(P(=O)(OC[C@H]2O[C@@H](n3cnc4c(=O)[nH]c(N)nc43)[C@H](O)[C@@H]2O)OP(=O)(O)O)O[C@H](O)[C@@H](O)[C@H](O)[C@@H]1O. The number of hydrogen-bond acceptors (Lipinski definition) is 16. The van der Waals surface area contributed by atoms with Crippen molar-refractivity contribution in [3.63, 3.8) is 0 Å². The molecule has 214 valence electrons. The fourth-order valence-corrected chi connectivity index (χ4v) is 7.32. The summed E-state index contributed by atoms with van der Waals surface area (Å²) in [6.45, 7) is -0.309. The highest BCUT2D eigenvalue weighted by Crippen LogP contribution is 2.70. The monoisotopic (exact) mass is 589 g/mol. The van der Waals surface area contributed by atoms with Crippen molar-refractivity contribution in [1.29, 1.82) is 0 Å². The number of aromatic amines is 1. The summed E-state index contributed by atoms with van der Waals surface area (Å²) in [6, 6.07) is 0. The number of rotatable bonds is 7. The quantitative estimate of drug-likeness (QED) is 0.137. The van der Waals surface area contributed by atoms with E-state index in [9.17, 15) is 54.4 Å². The molecule has 0 aliphatic carbocycles. The van der Waals surface area contributed by atoms with E-state index < -0.39 is 82.1 Å². The number of nitrogens with one attached hydrogen (secondary N) is 1. The van der Waals surface area contributed by atoms with E-state index in [2.05, 4.69) is 19.3 Å². The van der Waals surface area contributed by atoms with Gasteiger partial charge in [-0.1, -0.05) is 0 Å². The first-order chi connectivity index (χ1) is 17.5. The summed E-state index contributed by atoms with van der Waals surface area (Å²) >= 11 is 0. The maximum absolute atomic E-state index is 13.6. The second-order valence-electron chi connectivity index (χ2n) is 8.68. The highest BCUT2D eigenvalue weighted by molar-refractivity contribution is 7.65. The zero-order chi connectivity index (χ0) is 28.4. The summed E-state index contributed by atoms with van der Waals surface area (Å²) in [5.41, 5.74) is 4.52. The fraction of sp³-hybridized carbons (Fsp3) is 0.688. The number of hydrogen-bond donors (Lipinski definition) is 10. The van der Waals surface area contributed by atoms with Gasteiger partial charge in [0.05, 0.1) is 12.9 Å². The number of aromatic nitrogens is 4. The number of imidazole rings is 1. The van der Waals surface area contributed by atoms with Gasteiger partial charge in [-0.2, -0.15) is 4.98 Å². The first kappa shape index (κ1) is 29.1. The summed E-state index contributed by atoms with van der Waals surface area (Å²) in [5, 5.41) is 58.2. The Bertz CT molecular complexity index is 1350. The van der Waals surface area contributed by atoms with Gasteiger partial charge in [-0.25, -0.2) is 13.9 Å². The Morgan fingerprint density at radius 3 is 2.42 bits per heavy atom. The number of anilines is 1. The van der Waals surface area contributed by atoms with Crippen molar-refractivity contribution >= 4 is 32.5 Å². The fourth-order valence-electron chi connectivity index (χ4n) is 4.05. The second-order valence-corrected chi connectivity index (χ2v) is 12.5. The number of aliphatic hydroxyl groups is 6.